The van der Waals surface area contributed by atoms with Crippen LogP contribution in [0.3, 0.4) is 0 Å². The number of ketones is 1. The maximum atomic E-state index is 13.0. The number of aliphatic hydroxyl groups excluding tert-OH is 1. The summed E-state index contributed by atoms with van der Waals surface area (Å²) in [5.41, 5.74) is 0.846. The summed E-state index contributed by atoms with van der Waals surface area (Å²) in [7, 11) is 5.93. The Hall–Kier alpha value is -3.59. The molecule has 1 unspecified atom stereocenters. The van der Waals surface area contributed by atoms with Crippen molar-refractivity contribution in [3.63, 3.8) is 0 Å². The van der Waals surface area contributed by atoms with E-state index in [1.807, 2.05) is 0 Å². The van der Waals surface area contributed by atoms with Gasteiger partial charge in [0, 0.05) is 31.6 Å². The molecule has 1 N–H and O–H groups in total. The molecule has 1 aromatic heterocycles. The number of pyridine rings is 1. The highest BCUT2D eigenvalue weighted by molar-refractivity contribution is 6.46. The van der Waals surface area contributed by atoms with Gasteiger partial charge in [0.05, 0.1) is 39.6 Å². The second kappa shape index (κ2) is 9.48. The molecule has 0 bridgehead atoms. The van der Waals surface area contributed by atoms with E-state index >= 15 is 0 Å². The number of hydrogen-bond donors (Lipinski definition) is 1. The maximum Gasteiger partial charge on any atom is 0.295 e. The van der Waals surface area contributed by atoms with Crippen LogP contribution in [0.4, 0.5) is 0 Å². The van der Waals surface area contributed by atoms with Gasteiger partial charge in [0.25, 0.3) is 11.7 Å². The smallest absolute Gasteiger partial charge is 0.295 e. The third-order valence-corrected chi connectivity index (χ3v) is 5.03. The standard InChI is InChI=1S/C22H24N2O7/c1-28-10-9-24-18(14-11-15(29-2)21(31-4)16(12-14)30-3)17(20(26)22(24)27)19(25)13-5-7-23-8-6-13/h5-8,11-12,18,25H,9-10H2,1-4H3. The summed E-state index contributed by atoms with van der Waals surface area (Å²) < 4.78 is 21.3. The number of rotatable bonds is 8. The molecule has 31 heavy (non-hydrogen) atoms. The Morgan fingerprint density at radius 1 is 1.03 bits per heavy atom. The van der Waals surface area contributed by atoms with Crippen molar-refractivity contribution >= 4 is 17.4 Å². The molecule has 1 amide bonds. The van der Waals surface area contributed by atoms with E-state index in [-0.39, 0.29) is 24.5 Å². The Morgan fingerprint density at radius 2 is 1.65 bits per heavy atom. The summed E-state index contributed by atoms with van der Waals surface area (Å²) in [4.78, 5) is 31.1. The highest BCUT2D eigenvalue weighted by Crippen LogP contribution is 2.45. The lowest BCUT2D eigenvalue weighted by molar-refractivity contribution is -0.140. The van der Waals surface area contributed by atoms with Crippen LogP contribution in [0.1, 0.15) is 17.2 Å². The molecule has 2 aromatic rings. The molecule has 0 aliphatic carbocycles. The quantitative estimate of drug-likeness (QED) is 0.387. The topological polar surface area (TPSA) is 107 Å². The number of aromatic nitrogens is 1. The van der Waals surface area contributed by atoms with Crippen LogP contribution in [0.2, 0.25) is 0 Å². The fourth-order valence-electron chi connectivity index (χ4n) is 3.57. The van der Waals surface area contributed by atoms with Gasteiger partial charge in [-0.15, -0.1) is 0 Å². The number of carbonyl (C=O) groups excluding carboxylic acids is 2. The van der Waals surface area contributed by atoms with E-state index in [2.05, 4.69) is 4.98 Å². The molecule has 2 heterocycles. The van der Waals surface area contributed by atoms with E-state index in [0.717, 1.165) is 0 Å². The van der Waals surface area contributed by atoms with Crippen molar-refractivity contribution < 1.29 is 33.6 Å². The second-order valence-electron chi connectivity index (χ2n) is 6.68. The molecule has 1 aliphatic heterocycles. The van der Waals surface area contributed by atoms with Crippen LogP contribution < -0.4 is 14.2 Å². The van der Waals surface area contributed by atoms with Crippen LogP contribution in [-0.4, -0.2) is 68.3 Å². The number of nitrogens with zero attached hydrogens (tertiary/aromatic N) is 2. The number of Topliss-reactive ketones (excluding diaryl/α,β-unsaturated/α-hetero) is 1. The highest BCUT2D eigenvalue weighted by atomic mass is 16.5. The van der Waals surface area contributed by atoms with E-state index in [0.29, 0.717) is 28.4 Å². The van der Waals surface area contributed by atoms with Crippen LogP contribution in [0.5, 0.6) is 17.2 Å². The van der Waals surface area contributed by atoms with Gasteiger partial charge in [0.2, 0.25) is 5.75 Å². The summed E-state index contributed by atoms with van der Waals surface area (Å²) in [5.74, 6) is -0.720. The Labute approximate surface area is 179 Å². The predicted molar refractivity (Wildman–Crippen MR) is 111 cm³/mol. The zero-order valence-corrected chi connectivity index (χ0v) is 17.7. The maximum absolute atomic E-state index is 13.0. The number of benzene rings is 1. The monoisotopic (exact) mass is 428 g/mol. The first-order valence-corrected chi connectivity index (χ1v) is 9.46. The molecule has 1 aliphatic rings. The number of carbonyl (C=O) groups is 2. The molecular formula is C22H24N2O7. The predicted octanol–water partition coefficient (Wildman–Crippen LogP) is 2.18. The number of hydrogen-bond acceptors (Lipinski definition) is 8. The van der Waals surface area contributed by atoms with E-state index in [9.17, 15) is 14.7 Å². The van der Waals surface area contributed by atoms with Crippen molar-refractivity contribution in [2.45, 2.75) is 6.04 Å². The fraction of sp³-hybridized carbons (Fsp3) is 0.318. The normalized spacial score (nSPS) is 17.7. The molecule has 0 spiro atoms. The SMILES string of the molecule is COCCN1C(=O)C(=O)C(=C(O)c2ccncc2)C1c1cc(OC)c(OC)c(OC)c1. The van der Waals surface area contributed by atoms with Gasteiger partial charge in [-0.2, -0.15) is 0 Å². The highest BCUT2D eigenvalue weighted by Gasteiger charge is 2.46. The molecule has 1 atom stereocenters. The fourth-order valence-corrected chi connectivity index (χ4v) is 3.57. The van der Waals surface area contributed by atoms with Gasteiger partial charge in [-0.05, 0) is 29.8 Å². The third-order valence-electron chi connectivity index (χ3n) is 5.03. The first kappa shape index (κ1) is 22.1. The minimum absolute atomic E-state index is 0.0402. The zero-order chi connectivity index (χ0) is 22.5. The molecular weight excluding hydrogens is 404 g/mol. The number of amides is 1. The summed E-state index contributed by atoms with van der Waals surface area (Å²) >= 11 is 0. The van der Waals surface area contributed by atoms with Crippen LogP contribution in [0.15, 0.2) is 42.2 Å². The Bertz CT molecular complexity index is 979. The van der Waals surface area contributed by atoms with Gasteiger partial charge in [0.15, 0.2) is 11.5 Å². The average molecular weight is 428 g/mol. The number of methoxy groups -OCH3 is 4. The molecule has 1 saturated heterocycles. The molecule has 1 fully saturated rings. The molecule has 1 aromatic carbocycles. The lowest BCUT2D eigenvalue weighted by atomic mass is 9.95. The largest absolute Gasteiger partial charge is 0.507 e. The molecule has 9 nitrogen and oxygen atoms in total. The second-order valence-corrected chi connectivity index (χ2v) is 6.68. The van der Waals surface area contributed by atoms with Crippen molar-refractivity contribution in [2.24, 2.45) is 0 Å². The Balaban J connectivity index is 2.25. The molecule has 0 radical (unpaired) electrons. The van der Waals surface area contributed by atoms with Crippen molar-refractivity contribution in [2.75, 3.05) is 41.6 Å². The third kappa shape index (κ3) is 4.04. The number of likely N-dealkylation sites (tertiary alicyclic amines) is 1. The minimum Gasteiger partial charge on any atom is -0.507 e. The van der Waals surface area contributed by atoms with Crippen molar-refractivity contribution in [1.29, 1.82) is 0 Å². The average Bonchev–Trinajstić information content (AvgIpc) is 3.06. The van der Waals surface area contributed by atoms with E-state index in [1.165, 1.54) is 45.7 Å². The minimum atomic E-state index is -0.878. The van der Waals surface area contributed by atoms with Crippen molar-refractivity contribution in [3.8, 4) is 17.2 Å². The van der Waals surface area contributed by atoms with Crippen molar-refractivity contribution in [1.82, 2.24) is 9.88 Å². The number of ether oxygens (including phenoxy) is 4. The zero-order valence-electron chi connectivity index (χ0n) is 17.7. The summed E-state index contributed by atoms with van der Waals surface area (Å²) in [5, 5.41) is 11.0. The lowest BCUT2D eigenvalue weighted by Gasteiger charge is -2.26. The Kier molecular flexibility index (Phi) is 6.76. The first-order chi connectivity index (χ1) is 15.0. The molecule has 0 saturated carbocycles. The summed E-state index contributed by atoms with van der Waals surface area (Å²) in [6.45, 7) is 0.360. The van der Waals surface area contributed by atoms with Crippen LogP contribution in [0.25, 0.3) is 5.76 Å². The van der Waals surface area contributed by atoms with E-state index in [4.69, 9.17) is 18.9 Å². The van der Waals surface area contributed by atoms with Gasteiger partial charge >= 0.3 is 0 Å². The molecule has 3 rings (SSSR count). The number of aliphatic hydroxyl groups is 1. The van der Waals surface area contributed by atoms with Crippen LogP contribution in [0, 0.1) is 0 Å². The van der Waals surface area contributed by atoms with E-state index in [1.54, 1.807) is 24.3 Å². The molecule has 9 heteroatoms. The van der Waals surface area contributed by atoms with E-state index < -0.39 is 17.7 Å². The van der Waals surface area contributed by atoms with Crippen LogP contribution in [-0.2, 0) is 14.3 Å². The molecule has 164 valence electrons. The Morgan fingerprint density at radius 3 is 2.16 bits per heavy atom. The summed E-state index contributed by atoms with van der Waals surface area (Å²) in [6.07, 6.45) is 2.98. The lowest BCUT2D eigenvalue weighted by Crippen LogP contribution is -2.32. The van der Waals surface area contributed by atoms with Gasteiger partial charge in [-0.25, -0.2) is 0 Å². The van der Waals surface area contributed by atoms with Gasteiger partial charge in [-0.3, -0.25) is 14.6 Å². The van der Waals surface area contributed by atoms with Gasteiger partial charge < -0.3 is 29.0 Å². The van der Waals surface area contributed by atoms with Crippen molar-refractivity contribution in [3.05, 3.63) is 53.4 Å². The first-order valence-electron chi connectivity index (χ1n) is 9.46. The van der Waals surface area contributed by atoms with Gasteiger partial charge in [-0.1, -0.05) is 0 Å². The van der Waals surface area contributed by atoms with Gasteiger partial charge in [0.1, 0.15) is 5.76 Å². The van der Waals surface area contributed by atoms with Crippen LogP contribution >= 0.6 is 0 Å². The summed E-state index contributed by atoms with van der Waals surface area (Å²) in [6, 6.07) is 5.54.